The van der Waals surface area contributed by atoms with Gasteiger partial charge in [-0.3, -0.25) is 4.79 Å². The Morgan fingerprint density at radius 3 is 2.63 bits per heavy atom. The highest BCUT2D eigenvalue weighted by molar-refractivity contribution is 9.10. The highest BCUT2D eigenvalue weighted by Crippen LogP contribution is 2.30. The van der Waals surface area contributed by atoms with Gasteiger partial charge in [0.15, 0.2) is 5.78 Å². The van der Waals surface area contributed by atoms with E-state index < -0.39 is 0 Å². The van der Waals surface area contributed by atoms with Gasteiger partial charge in [0.05, 0.1) is 0 Å². The molecule has 0 spiro atoms. The lowest BCUT2D eigenvalue weighted by molar-refractivity contribution is 0.0909. The van der Waals surface area contributed by atoms with Gasteiger partial charge in [0.1, 0.15) is 0 Å². The Kier molecular flexibility index (Phi) is 3.74. The molecule has 100 valence electrons. The summed E-state index contributed by atoms with van der Waals surface area (Å²) in [6.45, 7) is 0. The lowest BCUT2D eigenvalue weighted by Crippen LogP contribution is -2.13. The molecular formula is C16H18BrNO. The number of Topliss-reactive ketones (excluding diaryl/α,β-unsaturated/α-hetero) is 1. The van der Waals surface area contributed by atoms with E-state index >= 15 is 0 Å². The van der Waals surface area contributed by atoms with E-state index in [0.717, 1.165) is 33.8 Å². The van der Waals surface area contributed by atoms with Crippen molar-refractivity contribution in [2.45, 2.75) is 38.5 Å². The Morgan fingerprint density at radius 2 is 1.89 bits per heavy atom. The second-order valence-electron chi connectivity index (χ2n) is 5.44. The molecule has 3 rings (SSSR count). The fourth-order valence-electron chi connectivity index (χ4n) is 3.06. The van der Waals surface area contributed by atoms with Gasteiger partial charge in [0.25, 0.3) is 0 Å². The third kappa shape index (κ3) is 2.62. The van der Waals surface area contributed by atoms with E-state index in [4.69, 9.17) is 0 Å². The number of halogens is 1. The molecule has 2 nitrogen and oxygen atoms in total. The van der Waals surface area contributed by atoms with Crippen molar-refractivity contribution in [1.29, 1.82) is 0 Å². The molecule has 1 heterocycles. The van der Waals surface area contributed by atoms with Crippen molar-refractivity contribution in [3.05, 3.63) is 34.4 Å². The van der Waals surface area contributed by atoms with Crippen LogP contribution >= 0.6 is 15.9 Å². The molecule has 0 atom stereocenters. The minimum Gasteiger partial charge on any atom is -0.360 e. The molecule has 0 aliphatic heterocycles. The summed E-state index contributed by atoms with van der Waals surface area (Å²) in [7, 11) is 0. The molecule has 0 unspecified atom stereocenters. The van der Waals surface area contributed by atoms with Crippen LogP contribution < -0.4 is 0 Å². The number of nitrogens with one attached hydrogen (secondary N) is 1. The van der Waals surface area contributed by atoms with Gasteiger partial charge >= 0.3 is 0 Å². The topological polar surface area (TPSA) is 32.9 Å². The van der Waals surface area contributed by atoms with Crippen LogP contribution in [0.5, 0.6) is 0 Å². The molecule has 1 saturated carbocycles. The summed E-state index contributed by atoms with van der Waals surface area (Å²) >= 11 is 3.48. The smallest absolute Gasteiger partial charge is 0.168 e. The van der Waals surface area contributed by atoms with Crippen molar-refractivity contribution >= 4 is 32.6 Å². The van der Waals surface area contributed by atoms with E-state index in [1.165, 1.54) is 25.7 Å². The average molecular weight is 320 g/mol. The van der Waals surface area contributed by atoms with Crippen LogP contribution in [-0.2, 0) is 0 Å². The zero-order valence-electron chi connectivity index (χ0n) is 10.9. The summed E-state index contributed by atoms with van der Waals surface area (Å²) in [5.41, 5.74) is 1.91. The number of ketones is 1. The largest absolute Gasteiger partial charge is 0.360 e. The first kappa shape index (κ1) is 12.9. The van der Waals surface area contributed by atoms with Gasteiger partial charge in [0, 0.05) is 33.1 Å². The molecule has 3 heteroatoms. The van der Waals surface area contributed by atoms with Crippen molar-refractivity contribution in [2.75, 3.05) is 0 Å². The summed E-state index contributed by atoms with van der Waals surface area (Å²) in [6.07, 6.45) is 8.95. The standard InChI is InChI=1S/C16H18BrNO/c17-12-7-8-15-13(9-12)14(10-18-15)16(19)11-5-3-1-2-4-6-11/h7-11,18H,1-6H2. The third-order valence-electron chi connectivity index (χ3n) is 4.14. The van der Waals surface area contributed by atoms with Crippen LogP contribution in [0.1, 0.15) is 48.9 Å². The molecule has 0 saturated heterocycles. The summed E-state index contributed by atoms with van der Waals surface area (Å²) < 4.78 is 1.02. The number of H-pyrrole nitrogens is 1. The molecular weight excluding hydrogens is 302 g/mol. The quantitative estimate of drug-likeness (QED) is 0.607. The maximum Gasteiger partial charge on any atom is 0.168 e. The molecule has 1 aromatic carbocycles. The van der Waals surface area contributed by atoms with Crippen LogP contribution in [0, 0.1) is 5.92 Å². The predicted octanol–water partition coefficient (Wildman–Crippen LogP) is 5.08. The Morgan fingerprint density at radius 1 is 1.16 bits per heavy atom. The maximum atomic E-state index is 12.7. The zero-order valence-corrected chi connectivity index (χ0v) is 12.5. The number of aromatic nitrogens is 1. The molecule has 1 aliphatic carbocycles. The van der Waals surface area contributed by atoms with Gasteiger partial charge in [-0.25, -0.2) is 0 Å². The van der Waals surface area contributed by atoms with Gasteiger partial charge in [-0.15, -0.1) is 0 Å². The van der Waals surface area contributed by atoms with Crippen molar-refractivity contribution in [1.82, 2.24) is 4.98 Å². The number of hydrogen-bond donors (Lipinski definition) is 1. The number of rotatable bonds is 2. The fraction of sp³-hybridized carbons (Fsp3) is 0.438. The first-order valence-corrected chi connectivity index (χ1v) is 7.86. The number of hydrogen-bond acceptors (Lipinski definition) is 1. The first-order chi connectivity index (χ1) is 9.25. The van der Waals surface area contributed by atoms with E-state index in [1.54, 1.807) is 0 Å². The lowest BCUT2D eigenvalue weighted by atomic mass is 9.91. The van der Waals surface area contributed by atoms with Crippen molar-refractivity contribution in [2.24, 2.45) is 5.92 Å². The number of carbonyl (C=O) groups excluding carboxylic acids is 1. The zero-order chi connectivity index (χ0) is 13.2. The Balaban J connectivity index is 1.94. The molecule has 19 heavy (non-hydrogen) atoms. The molecule has 0 bridgehead atoms. The number of fused-ring (bicyclic) bond motifs is 1. The van der Waals surface area contributed by atoms with Crippen LogP contribution in [0.2, 0.25) is 0 Å². The number of aromatic amines is 1. The second kappa shape index (κ2) is 5.49. The summed E-state index contributed by atoms with van der Waals surface area (Å²) in [5.74, 6) is 0.548. The van der Waals surface area contributed by atoms with Crippen molar-refractivity contribution in [3.8, 4) is 0 Å². The van der Waals surface area contributed by atoms with E-state index in [2.05, 4.69) is 20.9 Å². The Labute approximate surface area is 121 Å². The Hall–Kier alpha value is -1.09. The van der Waals surface area contributed by atoms with Crippen LogP contribution in [0.3, 0.4) is 0 Å². The predicted molar refractivity (Wildman–Crippen MR) is 81.5 cm³/mol. The SMILES string of the molecule is O=C(c1c[nH]c2ccc(Br)cc12)C1CCCCCC1. The van der Waals surface area contributed by atoms with Crippen LogP contribution in [0.4, 0.5) is 0 Å². The monoisotopic (exact) mass is 319 g/mol. The molecule has 1 N–H and O–H groups in total. The van der Waals surface area contributed by atoms with Crippen LogP contribution in [0.25, 0.3) is 10.9 Å². The minimum absolute atomic E-state index is 0.223. The molecule has 1 fully saturated rings. The average Bonchev–Trinajstić information content (AvgIpc) is 2.64. The molecule has 1 aromatic heterocycles. The highest BCUT2D eigenvalue weighted by Gasteiger charge is 2.23. The highest BCUT2D eigenvalue weighted by atomic mass is 79.9. The normalized spacial score (nSPS) is 17.5. The van der Waals surface area contributed by atoms with E-state index in [9.17, 15) is 4.79 Å². The molecule has 0 radical (unpaired) electrons. The fourth-order valence-corrected chi connectivity index (χ4v) is 3.42. The van der Waals surface area contributed by atoms with Crippen molar-refractivity contribution < 1.29 is 4.79 Å². The van der Waals surface area contributed by atoms with Gasteiger partial charge in [-0.05, 0) is 31.0 Å². The van der Waals surface area contributed by atoms with E-state index in [0.29, 0.717) is 5.78 Å². The minimum atomic E-state index is 0.223. The molecule has 2 aromatic rings. The summed E-state index contributed by atoms with van der Waals surface area (Å²) in [6, 6.07) is 6.05. The van der Waals surface area contributed by atoms with Gasteiger partial charge < -0.3 is 4.98 Å². The van der Waals surface area contributed by atoms with E-state index in [1.807, 2.05) is 24.4 Å². The number of benzene rings is 1. The third-order valence-corrected chi connectivity index (χ3v) is 4.63. The lowest BCUT2D eigenvalue weighted by Gasteiger charge is -2.11. The first-order valence-electron chi connectivity index (χ1n) is 7.06. The summed E-state index contributed by atoms with van der Waals surface area (Å²) in [5, 5.41) is 1.05. The van der Waals surface area contributed by atoms with E-state index in [-0.39, 0.29) is 5.92 Å². The maximum absolute atomic E-state index is 12.7. The van der Waals surface area contributed by atoms with Crippen molar-refractivity contribution in [3.63, 3.8) is 0 Å². The number of carbonyl (C=O) groups is 1. The van der Waals surface area contributed by atoms with Gasteiger partial charge in [0.2, 0.25) is 0 Å². The van der Waals surface area contributed by atoms with Gasteiger partial charge in [-0.2, -0.15) is 0 Å². The second-order valence-corrected chi connectivity index (χ2v) is 6.36. The molecule has 1 aliphatic rings. The van der Waals surface area contributed by atoms with Crippen LogP contribution in [0.15, 0.2) is 28.9 Å². The van der Waals surface area contributed by atoms with Crippen LogP contribution in [-0.4, -0.2) is 10.8 Å². The molecule has 0 amide bonds. The Bertz CT molecular complexity index is 594. The van der Waals surface area contributed by atoms with Gasteiger partial charge in [-0.1, -0.05) is 41.6 Å². The summed E-state index contributed by atoms with van der Waals surface area (Å²) in [4.78, 5) is 15.9.